The van der Waals surface area contributed by atoms with E-state index in [9.17, 15) is 0 Å². The summed E-state index contributed by atoms with van der Waals surface area (Å²) < 4.78 is 11.8. The number of ether oxygens (including phenoxy) is 2. The molecule has 1 aliphatic carbocycles. The van der Waals surface area contributed by atoms with Crippen LogP contribution in [0.15, 0.2) is 71.7 Å². The largest absolute Gasteiger partial charge is 0.493 e. The highest BCUT2D eigenvalue weighted by Crippen LogP contribution is 2.54. The van der Waals surface area contributed by atoms with Crippen molar-refractivity contribution in [2.45, 2.75) is 31.3 Å². The topological polar surface area (TPSA) is 30.8 Å². The van der Waals surface area contributed by atoms with E-state index < -0.39 is 0 Å². The van der Waals surface area contributed by atoms with Gasteiger partial charge in [-0.1, -0.05) is 60.1 Å². The number of aliphatic imine (C=N–C) groups is 1. The number of hydrogen-bond donors (Lipinski definition) is 0. The predicted molar refractivity (Wildman–Crippen MR) is 121 cm³/mol. The Morgan fingerprint density at radius 1 is 0.967 bits per heavy atom. The third kappa shape index (κ3) is 3.37. The lowest BCUT2D eigenvalue weighted by atomic mass is 9.82. The van der Waals surface area contributed by atoms with Crippen molar-refractivity contribution in [3.8, 4) is 11.5 Å². The molecule has 1 saturated carbocycles. The van der Waals surface area contributed by atoms with E-state index in [1.54, 1.807) is 7.11 Å². The van der Waals surface area contributed by atoms with Gasteiger partial charge in [0, 0.05) is 22.5 Å². The second kappa shape index (κ2) is 7.81. The molecule has 30 heavy (non-hydrogen) atoms. The Kier molecular flexibility index (Phi) is 5.00. The molecule has 5 rings (SSSR count). The number of fused-ring (bicyclic) bond motifs is 1. The Balaban J connectivity index is 1.52. The zero-order valence-electron chi connectivity index (χ0n) is 17.0. The maximum Gasteiger partial charge on any atom is 0.162 e. The number of methoxy groups -OCH3 is 1. The fourth-order valence-corrected chi connectivity index (χ4v) is 4.74. The minimum absolute atomic E-state index is 0.0845. The van der Waals surface area contributed by atoms with Crippen molar-refractivity contribution in [2.24, 2.45) is 4.99 Å². The summed E-state index contributed by atoms with van der Waals surface area (Å²) in [6.07, 6.45) is 3.05. The van der Waals surface area contributed by atoms with Gasteiger partial charge in [0.15, 0.2) is 11.5 Å². The molecule has 3 aromatic rings. The molecule has 1 heterocycles. The number of nitrogens with zero attached hydrogens (tertiary/aromatic N) is 1. The summed E-state index contributed by atoms with van der Waals surface area (Å²) in [5, 5.41) is 0.818. The van der Waals surface area contributed by atoms with E-state index in [4.69, 9.17) is 26.1 Å². The number of hydrogen-bond acceptors (Lipinski definition) is 3. The van der Waals surface area contributed by atoms with Crippen molar-refractivity contribution < 1.29 is 9.47 Å². The van der Waals surface area contributed by atoms with Crippen molar-refractivity contribution in [1.29, 1.82) is 0 Å². The molecule has 0 spiro atoms. The summed E-state index contributed by atoms with van der Waals surface area (Å²) in [6, 6.07) is 22.6. The average Bonchev–Trinajstić information content (AvgIpc) is 3.59. The van der Waals surface area contributed by atoms with Crippen molar-refractivity contribution in [1.82, 2.24) is 0 Å². The first-order valence-corrected chi connectivity index (χ1v) is 10.8. The first-order valence-electron chi connectivity index (χ1n) is 10.4. The Morgan fingerprint density at radius 3 is 2.47 bits per heavy atom. The minimum atomic E-state index is -0.0845. The van der Waals surface area contributed by atoms with E-state index in [0.29, 0.717) is 6.61 Å². The molecule has 3 aromatic carbocycles. The van der Waals surface area contributed by atoms with Gasteiger partial charge in [-0.2, -0.15) is 0 Å². The summed E-state index contributed by atoms with van der Waals surface area (Å²) in [4.78, 5) is 5.00. The van der Waals surface area contributed by atoms with Gasteiger partial charge in [0.2, 0.25) is 0 Å². The molecule has 4 heteroatoms. The van der Waals surface area contributed by atoms with Crippen LogP contribution in [0.5, 0.6) is 11.5 Å². The molecule has 2 aliphatic rings. The lowest BCUT2D eigenvalue weighted by molar-refractivity contribution is 0.284. The van der Waals surface area contributed by atoms with E-state index in [-0.39, 0.29) is 5.41 Å². The molecule has 0 saturated heterocycles. The summed E-state index contributed by atoms with van der Waals surface area (Å²) in [5.74, 6) is 1.53. The van der Waals surface area contributed by atoms with Gasteiger partial charge in [0.1, 0.15) is 6.61 Å². The molecular weight excluding hydrogens is 394 g/mol. The molecule has 0 atom stereocenters. The smallest absolute Gasteiger partial charge is 0.162 e. The van der Waals surface area contributed by atoms with Crippen LogP contribution in [-0.2, 0) is 18.4 Å². The van der Waals surface area contributed by atoms with E-state index in [1.807, 2.05) is 30.3 Å². The molecule has 0 radical (unpaired) electrons. The Morgan fingerprint density at radius 2 is 1.73 bits per heavy atom. The first kappa shape index (κ1) is 19.2. The molecule has 0 N–H and O–H groups in total. The van der Waals surface area contributed by atoms with Crippen LogP contribution in [0.25, 0.3) is 0 Å². The molecule has 0 unspecified atom stereocenters. The molecular formula is C26H24ClNO2. The van der Waals surface area contributed by atoms with Crippen LogP contribution >= 0.6 is 11.6 Å². The average molecular weight is 418 g/mol. The van der Waals surface area contributed by atoms with Gasteiger partial charge < -0.3 is 9.47 Å². The Labute approximate surface area is 182 Å². The lowest BCUT2D eigenvalue weighted by Gasteiger charge is -2.26. The van der Waals surface area contributed by atoms with Gasteiger partial charge in [-0.25, -0.2) is 0 Å². The lowest BCUT2D eigenvalue weighted by Crippen LogP contribution is -2.27. The standard InChI is InChI=1S/C26H24ClNO2/c1-29-23-15-19-11-14-28-25(26(12-13-26)21-9-5-6-10-22(21)27)20(19)16-24(23)30-17-18-7-3-2-4-8-18/h2-10,15-16H,11-14,17H2,1H3. The van der Waals surface area contributed by atoms with Crippen LogP contribution in [0.3, 0.4) is 0 Å². The summed E-state index contributed by atoms with van der Waals surface area (Å²) >= 11 is 6.59. The zero-order chi connectivity index (χ0) is 20.6. The van der Waals surface area contributed by atoms with Crippen LogP contribution in [0, 0.1) is 0 Å². The second-order valence-corrected chi connectivity index (χ2v) is 8.38. The molecule has 0 aromatic heterocycles. The van der Waals surface area contributed by atoms with E-state index >= 15 is 0 Å². The third-order valence-corrected chi connectivity index (χ3v) is 6.46. The van der Waals surface area contributed by atoms with Crippen molar-refractivity contribution in [3.63, 3.8) is 0 Å². The quantitative estimate of drug-likeness (QED) is 0.492. The summed E-state index contributed by atoms with van der Waals surface area (Å²) in [5.41, 5.74) is 5.80. The highest BCUT2D eigenvalue weighted by molar-refractivity contribution is 6.32. The van der Waals surface area contributed by atoms with Crippen molar-refractivity contribution in [3.05, 3.63) is 94.0 Å². The maximum absolute atomic E-state index is 6.59. The molecule has 3 nitrogen and oxygen atoms in total. The Bertz CT molecular complexity index is 1100. The van der Waals surface area contributed by atoms with Crippen LogP contribution in [0.2, 0.25) is 5.02 Å². The maximum atomic E-state index is 6.59. The van der Waals surface area contributed by atoms with Gasteiger partial charge in [0.25, 0.3) is 0 Å². The van der Waals surface area contributed by atoms with Crippen LogP contribution < -0.4 is 9.47 Å². The predicted octanol–water partition coefficient (Wildman–Crippen LogP) is 6.00. The second-order valence-electron chi connectivity index (χ2n) is 7.98. The molecule has 1 fully saturated rings. The van der Waals surface area contributed by atoms with E-state index in [2.05, 4.69) is 36.4 Å². The Hall–Kier alpha value is -2.78. The minimum Gasteiger partial charge on any atom is -0.493 e. The van der Waals surface area contributed by atoms with Crippen LogP contribution in [0.1, 0.15) is 35.1 Å². The van der Waals surface area contributed by atoms with Crippen molar-refractivity contribution >= 4 is 17.3 Å². The van der Waals surface area contributed by atoms with Gasteiger partial charge in [-0.05, 0) is 54.2 Å². The third-order valence-electron chi connectivity index (χ3n) is 6.13. The fraction of sp³-hybridized carbons (Fsp3) is 0.269. The zero-order valence-corrected chi connectivity index (χ0v) is 17.8. The van der Waals surface area contributed by atoms with Crippen LogP contribution in [-0.4, -0.2) is 19.4 Å². The molecule has 152 valence electrons. The highest BCUT2D eigenvalue weighted by Gasteiger charge is 2.51. The number of rotatable bonds is 6. The van der Waals surface area contributed by atoms with Gasteiger partial charge in [-0.3, -0.25) is 4.99 Å². The van der Waals surface area contributed by atoms with Gasteiger partial charge >= 0.3 is 0 Å². The molecule has 0 amide bonds. The van der Waals surface area contributed by atoms with E-state index in [1.165, 1.54) is 16.7 Å². The van der Waals surface area contributed by atoms with Crippen LogP contribution in [0.4, 0.5) is 0 Å². The summed E-state index contributed by atoms with van der Waals surface area (Å²) in [7, 11) is 1.70. The van der Waals surface area contributed by atoms with E-state index in [0.717, 1.165) is 53.6 Å². The normalized spacial score (nSPS) is 16.4. The molecule has 0 bridgehead atoms. The monoisotopic (exact) mass is 417 g/mol. The van der Waals surface area contributed by atoms with Gasteiger partial charge in [0.05, 0.1) is 12.8 Å². The highest BCUT2D eigenvalue weighted by atomic mass is 35.5. The van der Waals surface area contributed by atoms with Gasteiger partial charge in [-0.15, -0.1) is 0 Å². The fourth-order valence-electron chi connectivity index (χ4n) is 4.43. The summed E-state index contributed by atoms with van der Waals surface area (Å²) in [6.45, 7) is 1.29. The van der Waals surface area contributed by atoms with Crippen molar-refractivity contribution in [2.75, 3.05) is 13.7 Å². The number of halogens is 1. The first-order chi connectivity index (χ1) is 14.7. The SMILES string of the molecule is COc1cc2c(cc1OCc1ccccc1)C(C1(c3ccccc3Cl)CC1)=NCC2. The molecule has 1 aliphatic heterocycles. The number of benzene rings is 3.